The van der Waals surface area contributed by atoms with Gasteiger partial charge >= 0.3 is 17.9 Å². The van der Waals surface area contributed by atoms with Gasteiger partial charge in [-0.1, -0.05) is 374 Å². The van der Waals surface area contributed by atoms with E-state index < -0.39 is 6.10 Å². The molecule has 6 nitrogen and oxygen atoms in total. The molecule has 6 heteroatoms. The number of carbonyl (C=O) groups is 3. The van der Waals surface area contributed by atoms with Gasteiger partial charge in [0.15, 0.2) is 6.10 Å². The molecule has 0 aromatic rings. The van der Waals surface area contributed by atoms with E-state index in [1.165, 1.54) is 315 Å². The van der Waals surface area contributed by atoms with Crippen LogP contribution in [0.1, 0.15) is 412 Å². The van der Waals surface area contributed by atoms with Crippen LogP contribution in [0.3, 0.4) is 0 Å². The molecule has 0 bridgehead atoms. The predicted molar refractivity (Wildman–Crippen MR) is 330 cm³/mol. The van der Waals surface area contributed by atoms with Crippen molar-refractivity contribution in [2.45, 2.75) is 419 Å². The van der Waals surface area contributed by atoms with Gasteiger partial charge in [-0.15, -0.1) is 0 Å². The quantitative estimate of drug-likeness (QED) is 0.0343. The van der Waals surface area contributed by atoms with Gasteiger partial charge in [-0.3, -0.25) is 14.4 Å². The fourth-order valence-corrected chi connectivity index (χ4v) is 11.1. The summed E-state index contributed by atoms with van der Waals surface area (Å²) in [6.07, 6.45) is 77.0. The Hall–Kier alpha value is -1.59. The molecule has 0 aliphatic heterocycles. The summed E-state index contributed by atoms with van der Waals surface area (Å²) in [7, 11) is 0. The minimum atomic E-state index is -0.763. The highest BCUT2D eigenvalue weighted by atomic mass is 16.6. The maximum atomic E-state index is 12.9. The van der Waals surface area contributed by atoms with Crippen LogP contribution in [0.15, 0.2) is 0 Å². The van der Waals surface area contributed by atoms with Gasteiger partial charge in [-0.05, 0) is 19.3 Å². The molecule has 0 amide bonds. The zero-order valence-electron chi connectivity index (χ0n) is 52.1. The standard InChI is InChI=1S/C70H136O6/c1-4-7-10-13-16-19-22-25-28-30-32-34-35-36-37-39-40-42-45-48-51-54-57-60-63-69(72)75-66-67(65-74-68(71)62-59-56-53-50-47-44-27-24-21-18-15-12-9-6-3)76-70(73)64-61-58-55-52-49-46-43-41-38-33-31-29-26-23-20-17-14-11-8-5-2/h67H,4-66H2,1-3H3. The maximum Gasteiger partial charge on any atom is 0.306 e. The van der Waals surface area contributed by atoms with E-state index in [4.69, 9.17) is 14.2 Å². The molecule has 0 aliphatic rings. The van der Waals surface area contributed by atoms with E-state index >= 15 is 0 Å². The third kappa shape index (κ3) is 63.2. The summed E-state index contributed by atoms with van der Waals surface area (Å²) in [5.41, 5.74) is 0. The van der Waals surface area contributed by atoms with Crippen molar-refractivity contribution in [3.63, 3.8) is 0 Å². The van der Waals surface area contributed by atoms with Gasteiger partial charge in [-0.25, -0.2) is 0 Å². The average Bonchev–Trinajstić information content (AvgIpc) is 3.42. The fourth-order valence-electron chi connectivity index (χ4n) is 11.1. The van der Waals surface area contributed by atoms with Crippen LogP contribution in [0.25, 0.3) is 0 Å². The highest BCUT2D eigenvalue weighted by Gasteiger charge is 2.19. The van der Waals surface area contributed by atoms with Crippen LogP contribution in [0.4, 0.5) is 0 Å². The molecule has 0 spiro atoms. The Morgan fingerprint density at radius 3 is 0.526 bits per heavy atom. The van der Waals surface area contributed by atoms with Crippen molar-refractivity contribution < 1.29 is 28.6 Å². The van der Waals surface area contributed by atoms with E-state index in [9.17, 15) is 14.4 Å². The van der Waals surface area contributed by atoms with Crippen molar-refractivity contribution in [3.05, 3.63) is 0 Å². The molecular weight excluding hydrogens is 937 g/mol. The first-order valence-corrected chi connectivity index (χ1v) is 35.0. The Morgan fingerprint density at radius 2 is 0.355 bits per heavy atom. The van der Waals surface area contributed by atoms with Gasteiger partial charge in [0.05, 0.1) is 0 Å². The zero-order chi connectivity index (χ0) is 55.0. The lowest BCUT2D eigenvalue weighted by Gasteiger charge is -2.18. The number of hydrogen-bond acceptors (Lipinski definition) is 6. The minimum Gasteiger partial charge on any atom is -0.462 e. The monoisotopic (exact) mass is 1070 g/mol. The van der Waals surface area contributed by atoms with Crippen molar-refractivity contribution in [2.75, 3.05) is 13.2 Å². The molecule has 0 heterocycles. The highest BCUT2D eigenvalue weighted by Crippen LogP contribution is 2.19. The smallest absolute Gasteiger partial charge is 0.306 e. The first kappa shape index (κ1) is 74.4. The first-order chi connectivity index (χ1) is 37.5. The third-order valence-corrected chi connectivity index (χ3v) is 16.4. The van der Waals surface area contributed by atoms with E-state index in [2.05, 4.69) is 20.8 Å². The summed E-state index contributed by atoms with van der Waals surface area (Å²) in [6.45, 7) is 6.74. The van der Waals surface area contributed by atoms with Crippen LogP contribution in [0.2, 0.25) is 0 Å². The Bertz CT molecular complexity index is 1140. The summed E-state index contributed by atoms with van der Waals surface area (Å²) in [5.74, 6) is -0.820. The lowest BCUT2D eigenvalue weighted by molar-refractivity contribution is -0.167. The van der Waals surface area contributed by atoms with Gasteiger partial charge in [0, 0.05) is 19.3 Å². The van der Waals surface area contributed by atoms with Gasteiger partial charge in [0.25, 0.3) is 0 Å². The number of unbranched alkanes of at least 4 members (excludes halogenated alkanes) is 55. The van der Waals surface area contributed by atoms with Gasteiger partial charge in [0.1, 0.15) is 13.2 Å². The first-order valence-electron chi connectivity index (χ1n) is 35.0. The number of rotatable bonds is 66. The SMILES string of the molecule is CCCCCCCCCCCCCCCCCCCCCCCCCCC(=O)OCC(COC(=O)CCCCCCCCCCCCCCCC)OC(=O)CCCCCCCCCCCCCCCCCCCCCC. The molecule has 0 saturated heterocycles. The van der Waals surface area contributed by atoms with Gasteiger partial charge in [0.2, 0.25) is 0 Å². The molecule has 1 atom stereocenters. The van der Waals surface area contributed by atoms with Crippen molar-refractivity contribution in [1.29, 1.82) is 0 Å². The van der Waals surface area contributed by atoms with E-state index in [0.29, 0.717) is 19.3 Å². The molecule has 0 aromatic heterocycles. The molecule has 0 aliphatic carbocycles. The summed E-state index contributed by atoms with van der Waals surface area (Å²) in [6, 6.07) is 0. The third-order valence-electron chi connectivity index (χ3n) is 16.4. The summed E-state index contributed by atoms with van der Waals surface area (Å²) < 4.78 is 17.0. The fraction of sp³-hybridized carbons (Fsp3) is 0.957. The summed E-state index contributed by atoms with van der Waals surface area (Å²) in [5, 5.41) is 0. The lowest BCUT2D eigenvalue weighted by Crippen LogP contribution is -2.30. The Morgan fingerprint density at radius 1 is 0.211 bits per heavy atom. The van der Waals surface area contributed by atoms with Gasteiger partial charge < -0.3 is 14.2 Å². The second-order valence-electron chi connectivity index (χ2n) is 24.2. The van der Waals surface area contributed by atoms with Crippen LogP contribution in [-0.4, -0.2) is 37.2 Å². The normalized spacial score (nSPS) is 11.9. The Balaban J connectivity index is 4.21. The summed E-state index contributed by atoms with van der Waals surface area (Å²) in [4.78, 5) is 38.4. The molecule has 0 saturated carbocycles. The van der Waals surface area contributed by atoms with E-state index in [-0.39, 0.29) is 31.1 Å². The predicted octanol–water partition coefficient (Wildman–Crippen LogP) is 23.8. The lowest BCUT2D eigenvalue weighted by atomic mass is 10.0. The highest BCUT2D eigenvalue weighted by molar-refractivity contribution is 5.71. The van der Waals surface area contributed by atoms with Crippen LogP contribution in [0, 0.1) is 0 Å². The molecular formula is C70H136O6. The molecule has 0 aromatic carbocycles. The van der Waals surface area contributed by atoms with Crippen LogP contribution in [-0.2, 0) is 28.6 Å². The molecule has 0 radical (unpaired) electrons. The van der Waals surface area contributed by atoms with E-state index in [1.807, 2.05) is 0 Å². The van der Waals surface area contributed by atoms with E-state index in [1.54, 1.807) is 0 Å². The zero-order valence-corrected chi connectivity index (χ0v) is 52.1. The van der Waals surface area contributed by atoms with Crippen molar-refractivity contribution >= 4 is 17.9 Å². The second kappa shape index (κ2) is 65.9. The van der Waals surface area contributed by atoms with Crippen molar-refractivity contribution in [3.8, 4) is 0 Å². The molecule has 452 valence electrons. The van der Waals surface area contributed by atoms with Crippen molar-refractivity contribution in [2.24, 2.45) is 0 Å². The molecule has 0 rings (SSSR count). The maximum absolute atomic E-state index is 12.9. The topological polar surface area (TPSA) is 78.9 Å². The number of ether oxygens (including phenoxy) is 3. The van der Waals surface area contributed by atoms with Crippen LogP contribution in [0.5, 0.6) is 0 Å². The molecule has 1 unspecified atom stereocenters. The number of carbonyl (C=O) groups excluding carboxylic acids is 3. The molecule has 76 heavy (non-hydrogen) atoms. The summed E-state index contributed by atoms with van der Waals surface area (Å²) >= 11 is 0. The Labute approximate surface area is 476 Å². The number of esters is 3. The minimum absolute atomic E-state index is 0.0602. The second-order valence-corrected chi connectivity index (χ2v) is 24.2. The number of hydrogen-bond donors (Lipinski definition) is 0. The van der Waals surface area contributed by atoms with Gasteiger partial charge in [-0.2, -0.15) is 0 Å². The molecule has 0 N–H and O–H groups in total. The van der Waals surface area contributed by atoms with Crippen LogP contribution < -0.4 is 0 Å². The van der Waals surface area contributed by atoms with Crippen molar-refractivity contribution in [1.82, 2.24) is 0 Å². The van der Waals surface area contributed by atoms with Crippen LogP contribution >= 0.6 is 0 Å². The average molecular weight is 1070 g/mol. The largest absolute Gasteiger partial charge is 0.462 e. The Kier molecular flexibility index (Phi) is 64.5. The molecule has 0 fully saturated rings. The van der Waals surface area contributed by atoms with E-state index in [0.717, 1.165) is 57.8 Å².